The van der Waals surface area contributed by atoms with E-state index in [0.29, 0.717) is 52.9 Å². The van der Waals surface area contributed by atoms with E-state index in [-0.39, 0.29) is 22.9 Å². The number of Topliss-reactive ketones (excluding diaryl/α,β-unsaturated/α-hetero) is 1. The molecule has 2 N–H and O–H groups in total. The minimum absolute atomic E-state index is 0.0553. The number of ether oxygens (including phenoxy) is 1. The van der Waals surface area contributed by atoms with Crippen LogP contribution in [0.25, 0.3) is 0 Å². The Morgan fingerprint density at radius 3 is 2.77 bits per heavy atom. The van der Waals surface area contributed by atoms with Gasteiger partial charge in [-0.3, -0.25) is 9.69 Å². The third-order valence-corrected chi connectivity index (χ3v) is 6.09. The highest BCUT2D eigenvalue weighted by Gasteiger charge is 2.41. The number of halogens is 2. The lowest BCUT2D eigenvalue weighted by molar-refractivity contribution is -0.116. The van der Waals surface area contributed by atoms with Gasteiger partial charge < -0.3 is 10.5 Å². The van der Waals surface area contributed by atoms with E-state index >= 15 is 0 Å². The number of nitriles is 1. The Labute approximate surface area is 188 Å². The Hall–Kier alpha value is -3.11. The number of ketones is 1. The molecule has 31 heavy (non-hydrogen) atoms. The predicted molar refractivity (Wildman–Crippen MR) is 120 cm³/mol. The first-order valence-electron chi connectivity index (χ1n) is 10.1. The van der Waals surface area contributed by atoms with Crippen molar-refractivity contribution in [1.82, 2.24) is 0 Å². The van der Waals surface area contributed by atoms with Crippen LogP contribution < -0.4 is 15.4 Å². The van der Waals surface area contributed by atoms with Crippen molar-refractivity contribution in [2.75, 3.05) is 11.5 Å². The maximum atomic E-state index is 14.9. The maximum Gasteiger partial charge on any atom is 0.161 e. The number of hydrogen-bond donors (Lipinski definition) is 1. The second kappa shape index (κ2) is 8.56. The van der Waals surface area contributed by atoms with Crippen LogP contribution in [0.3, 0.4) is 0 Å². The van der Waals surface area contributed by atoms with Crippen LogP contribution in [-0.2, 0) is 4.79 Å². The van der Waals surface area contributed by atoms with Gasteiger partial charge in [-0.25, -0.2) is 4.39 Å². The van der Waals surface area contributed by atoms with Gasteiger partial charge >= 0.3 is 0 Å². The molecule has 0 aromatic heterocycles. The number of nitrogens with zero attached hydrogens (tertiary/aromatic N) is 2. The number of carbonyl (C=O) groups is 1. The van der Waals surface area contributed by atoms with E-state index in [1.54, 1.807) is 12.1 Å². The average molecular weight is 482 g/mol. The summed E-state index contributed by atoms with van der Waals surface area (Å²) in [6, 6.07) is 14.2. The number of rotatable bonds is 4. The Bertz CT molecular complexity index is 1170. The zero-order valence-electron chi connectivity index (χ0n) is 17.0. The summed E-state index contributed by atoms with van der Waals surface area (Å²) >= 11 is 3.27. The van der Waals surface area contributed by atoms with Crippen LogP contribution in [0.2, 0.25) is 0 Å². The molecular weight excluding hydrogens is 461 g/mol. The van der Waals surface area contributed by atoms with Crippen molar-refractivity contribution in [1.29, 1.82) is 5.26 Å². The number of nitrogens with two attached hydrogens (primary N) is 1. The van der Waals surface area contributed by atoms with E-state index in [4.69, 9.17) is 10.5 Å². The van der Waals surface area contributed by atoms with Gasteiger partial charge in [0, 0.05) is 27.7 Å². The van der Waals surface area contributed by atoms with Crippen LogP contribution >= 0.6 is 15.9 Å². The SMILES string of the molecule is CCOc1ccccc1C1C(C#N)=C(N)N(c2ccc(Br)cc2F)C2=C1C(=O)CCC2. The van der Waals surface area contributed by atoms with Gasteiger partial charge in [-0.2, -0.15) is 5.26 Å². The summed E-state index contributed by atoms with van der Waals surface area (Å²) in [5, 5.41) is 10.1. The van der Waals surface area contributed by atoms with Gasteiger partial charge in [-0.15, -0.1) is 0 Å². The molecule has 158 valence electrons. The lowest BCUT2D eigenvalue weighted by atomic mass is 9.75. The van der Waals surface area contributed by atoms with Crippen molar-refractivity contribution in [2.45, 2.75) is 32.1 Å². The minimum atomic E-state index is -0.648. The lowest BCUT2D eigenvalue weighted by Gasteiger charge is -2.40. The molecule has 2 aromatic rings. The zero-order chi connectivity index (χ0) is 22.1. The number of anilines is 1. The van der Waals surface area contributed by atoms with Crippen LogP contribution in [0.4, 0.5) is 10.1 Å². The molecule has 0 amide bonds. The number of carbonyl (C=O) groups excluding carboxylic acids is 1. The number of para-hydroxylation sites is 1. The summed E-state index contributed by atoms with van der Waals surface area (Å²) in [4.78, 5) is 14.7. The number of benzene rings is 2. The van der Waals surface area contributed by atoms with Crippen LogP contribution in [0, 0.1) is 17.1 Å². The van der Waals surface area contributed by atoms with Crippen molar-refractivity contribution >= 4 is 27.4 Å². The lowest BCUT2D eigenvalue weighted by Crippen LogP contribution is -2.39. The van der Waals surface area contributed by atoms with Gasteiger partial charge in [-0.1, -0.05) is 34.1 Å². The van der Waals surface area contributed by atoms with Crippen molar-refractivity contribution in [3.05, 3.63) is 81.0 Å². The first-order valence-corrected chi connectivity index (χ1v) is 10.9. The molecule has 1 atom stereocenters. The fourth-order valence-electron chi connectivity index (χ4n) is 4.34. The molecular formula is C24H21BrFN3O2. The highest BCUT2D eigenvalue weighted by atomic mass is 79.9. The standard InChI is InChI=1S/C24H21BrFN3O2/c1-2-31-21-9-4-3-6-15(21)22-16(13-27)24(28)29(18-11-10-14(25)12-17(18)26)19-7-5-8-20(30)23(19)22/h3-4,6,9-12,22H,2,5,7-8,28H2,1H3. The molecule has 4 rings (SSSR count). The quantitative estimate of drug-likeness (QED) is 0.641. The monoisotopic (exact) mass is 481 g/mol. The van der Waals surface area contributed by atoms with E-state index in [9.17, 15) is 14.4 Å². The van der Waals surface area contributed by atoms with E-state index < -0.39 is 11.7 Å². The molecule has 2 aliphatic rings. The fourth-order valence-corrected chi connectivity index (χ4v) is 4.67. The molecule has 0 saturated heterocycles. The van der Waals surface area contributed by atoms with Gasteiger partial charge in [0.1, 0.15) is 17.4 Å². The smallest absolute Gasteiger partial charge is 0.161 e. The summed E-state index contributed by atoms with van der Waals surface area (Å²) < 4.78 is 21.3. The highest BCUT2D eigenvalue weighted by Crippen LogP contribution is 2.48. The van der Waals surface area contributed by atoms with Gasteiger partial charge in [-0.05, 0) is 44.0 Å². The highest BCUT2D eigenvalue weighted by molar-refractivity contribution is 9.10. The first kappa shape index (κ1) is 21.1. The molecule has 2 aromatic carbocycles. The second-order valence-corrected chi connectivity index (χ2v) is 8.30. The molecule has 7 heteroatoms. The van der Waals surface area contributed by atoms with Crippen LogP contribution in [0.1, 0.15) is 37.7 Å². The summed E-state index contributed by atoms with van der Waals surface area (Å²) in [5.41, 5.74) is 8.77. The maximum absolute atomic E-state index is 14.9. The van der Waals surface area contributed by atoms with Gasteiger partial charge in [0.25, 0.3) is 0 Å². The summed E-state index contributed by atoms with van der Waals surface area (Å²) in [6.07, 6.45) is 1.58. The van der Waals surface area contributed by atoms with Crippen molar-refractivity contribution < 1.29 is 13.9 Å². The van der Waals surface area contributed by atoms with E-state index in [0.717, 1.165) is 0 Å². The Morgan fingerprint density at radius 2 is 2.06 bits per heavy atom. The minimum Gasteiger partial charge on any atom is -0.494 e. The first-order chi connectivity index (χ1) is 15.0. The molecule has 1 heterocycles. The summed E-state index contributed by atoms with van der Waals surface area (Å²) in [6.45, 7) is 2.32. The van der Waals surface area contributed by atoms with Gasteiger partial charge in [0.2, 0.25) is 0 Å². The largest absolute Gasteiger partial charge is 0.494 e. The van der Waals surface area contributed by atoms with Crippen molar-refractivity contribution in [2.24, 2.45) is 5.73 Å². The molecule has 0 fully saturated rings. The number of allylic oxidation sites excluding steroid dienone is 3. The summed E-state index contributed by atoms with van der Waals surface area (Å²) in [7, 11) is 0. The van der Waals surface area contributed by atoms with Crippen LogP contribution in [0.15, 0.2) is 69.6 Å². The molecule has 1 aliphatic carbocycles. The zero-order valence-corrected chi connectivity index (χ0v) is 18.6. The average Bonchev–Trinajstić information content (AvgIpc) is 2.75. The van der Waals surface area contributed by atoms with Gasteiger partial charge in [0.05, 0.1) is 29.9 Å². The fraction of sp³-hybridized carbons (Fsp3) is 0.250. The Morgan fingerprint density at radius 1 is 1.29 bits per heavy atom. The van der Waals surface area contributed by atoms with Crippen LogP contribution in [-0.4, -0.2) is 12.4 Å². The van der Waals surface area contributed by atoms with Crippen molar-refractivity contribution in [3.8, 4) is 11.8 Å². The molecule has 0 radical (unpaired) electrons. The third-order valence-electron chi connectivity index (χ3n) is 5.59. The van der Waals surface area contributed by atoms with E-state index in [2.05, 4.69) is 22.0 Å². The second-order valence-electron chi connectivity index (χ2n) is 7.38. The number of hydrogen-bond acceptors (Lipinski definition) is 5. The normalized spacial score (nSPS) is 18.7. The topological polar surface area (TPSA) is 79.3 Å². The van der Waals surface area contributed by atoms with E-state index in [1.165, 1.54) is 11.0 Å². The van der Waals surface area contributed by atoms with E-state index in [1.807, 2.05) is 31.2 Å². The molecule has 1 aliphatic heterocycles. The van der Waals surface area contributed by atoms with Crippen molar-refractivity contribution in [3.63, 3.8) is 0 Å². The third kappa shape index (κ3) is 3.61. The Kier molecular flexibility index (Phi) is 5.84. The molecule has 0 bridgehead atoms. The molecule has 1 unspecified atom stereocenters. The molecule has 0 spiro atoms. The predicted octanol–water partition coefficient (Wildman–Crippen LogP) is 5.29. The molecule has 0 saturated carbocycles. The Balaban J connectivity index is 1.99. The molecule has 5 nitrogen and oxygen atoms in total. The van der Waals surface area contributed by atoms with Crippen LogP contribution in [0.5, 0.6) is 5.75 Å². The summed E-state index contributed by atoms with van der Waals surface area (Å²) in [5.74, 6) is -0.462. The van der Waals surface area contributed by atoms with Gasteiger partial charge in [0.15, 0.2) is 5.78 Å².